The minimum absolute atomic E-state index is 2.16. The molecule has 276 valence electrons. The number of carbonyl (C=O) groups excluding carboxylic acids is 2. The third kappa shape index (κ3) is 6.33. The van der Waals surface area contributed by atoms with E-state index in [0.29, 0.717) is 0 Å². The molecule has 0 aromatic heterocycles. The molecule has 0 amide bonds. The molecule has 0 radical (unpaired) electrons. The Labute approximate surface area is 237 Å². The predicted molar refractivity (Wildman–Crippen MR) is 88.9 cm³/mol. The normalized spacial score (nSPS) is 16.3. The van der Waals surface area contributed by atoms with Crippen molar-refractivity contribution in [2.45, 2.75) is 69.8 Å². The Bertz CT molecular complexity index is 1120. The van der Waals surface area contributed by atoms with E-state index in [4.69, 9.17) is 0 Å². The van der Waals surface area contributed by atoms with Gasteiger partial charge in [-0.25, -0.2) is 0 Å². The molecule has 0 aromatic rings. The number of hydrogen-bond acceptors (Lipinski definition) is 4. The molecule has 0 saturated carbocycles. The number of carbonyl (C=O) groups is 2. The summed E-state index contributed by atoms with van der Waals surface area (Å²) in [6.07, 6.45) is -22.1. The van der Waals surface area contributed by atoms with E-state index < -0.39 is 102 Å². The molecule has 0 aliphatic carbocycles. The van der Waals surface area contributed by atoms with Gasteiger partial charge < -0.3 is 0 Å². The van der Waals surface area contributed by atoms with Crippen LogP contribution in [0.4, 0.5) is 119 Å². The zero-order valence-corrected chi connectivity index (χ0v) is 21.4. The van der Waals surface area contributed by atoms with Crippen LogP contribution in [0.1, 0.15) is 0 Å². The average molecular weight is 872 g/mol. The van der Waals surface area contributed by atoms with Crippen LogP contribution < -0.4 is 0 Å². The van der Waals surface area contributed by atoms with Crippen molar-refractivity contribution in [1.29, 1.82) is 0 Å². The Hall–Kier alpha value is -2.22. The first-order valence-electron chi connectivity index (χ1n) is 9.17. The van der Waals surface area contributed by atoms with Gasteiger partial charge in [-0.3, -0.25) is 0 Å². The molecule has 0 fully saturated rings. The molecule has 0 aliphatic heterocycles. The Morgan fingerprint density at radius 1 is 0.326 bits per heavy atom. The predicted octanol–water partition coefficient (Wildman–Crippen LogP) is 8.77. The summed E-state index contributed by atoms with van der Waals surface area (Å²) < 4.78 is 349. The molecule has 0 heterocycles. The zero-order chi connectivity index (χ0) is 38.1. The van der Waals surface area contributed by atoms with Crippen molar-refractivity contribution in [2.24, 2.45) is 0 Å². The second kappa shape index (κ2) is 11.4. The van der Waals surface area contributed by atoms with E-state index in [1.165, 1.54) is 0 Å². The van der Waals surface area contributed by atoms with E-state index >= 15 is 0 Å². The topological polar surface area (TPSA) is 52.6 Å². The van der Waals surface area contributed by atoms with Gasteiger partial charge in [0.1, 0.15) is 0 Å². The van der Waals surface area contributed by atoms with Crippen molar-refractivity contribution < 1.29 is 134 Å². The molecule has 0 spiro atoms. The first kappa shape index (κ1) is 43.8. The summed E-state index contributed by atoms with van der Waals surface area (Å²) in [5.74, 6) is -84.1. The van der Waals surface area contributed by atoms with Crippen LogP contribution in [0.3, 0.4) is 0 Å². The van der Waals surface area contributed by atoms with Gasteiger partial charge in [0.2, 0.25) is 0 Å². The minimum atomic E-state index is -9.69. The van der Waals surface area contributed by atoms with Gasteiger partial charge in [0.05, 0.1) is 0 Å². The van der Waals surface area contributed by atoms with Crippen LogP contribution in [-0.2, 0) is 15.7 Å². The van der Waals surface area contributed by atoms with Crippen molar-refractivity contribution in [3.63, 3.8) is 0 Å². The molecular weight excluding hydrogens is 872 g/mol. The maximum absolute atomic E-state index is 14.1. The standard InChI is InChI=1S/C14F27IO4/c15-3(16,17)1(43)45-42(46-2(44)4(18,19)20)14(40,41)12(35,36)10(31,32)8(27,28)6(23,24)5(21,22)7(25,26)9(29,30)11(33,34)13(37,38)39. The van der Waals surface area contributed by atoms with E-state index in [9.17, 15) is 128 Å². The van der Waals surface area contributed by atoms with Crippen molar-refractivity contribution in [1.82, 2.24) is 0 Å². The fourth-order valence-corrected chi connectivity index (χ4v) is 4.72. The van der Waals surface area contributed by atoms with Gasteiger partial charge in [-0.15, -0.1) is 0 Å². The summed E-state index contributed by atoms with van der Waals surface area (Å²) in [6.45, 7) is 0. The van der Waals surface area contributed by atoms with Crippen LogP contribution in [0.25, 0.3) is 0 Å². The summed E-state index contributed by atoms with van der Waals surface area (Å²) in [4.78, 5) is 21.1. The third-order valence-electron chi connectivity index (χ3n) is 4.41. The van der Waals surface area contributed by atoms with E-state index in [2.05, 4.69) is 6.13 Å². The SMILES string of the molecule is O=C(OI(OC(=O)C(F)(F)F)C(F)(F)C(F)(F)C(F)(F)C(F)(F)C(F)(F)C(F)(F)C(F)(F)C(F)(F)C(F)(F)C(F)(F)F)C(F)(F)F. The molecule has 0 unspecified atom stereocenters. The number of alkyl halides is 28. The number of rotatable bonds is 11. The zero-order valence-electron chi connectivity index (χ0n) is 19.2. The average Bonchev–Trinajstić information content (AvgIpc) is 2.80. The number of hydrogen-bond donors (Lipinski definition) is 0. The fraction of sp³-hybridized carbons (Fsp3) is 0.857. The summed E-state index contributed by atoms with van der Waals surface area (Å²) in [6, 6.07) is 0. The molecule has 0 bridgehead atoms. The quantitative estimate of drug-likeness (QED) is 0.119. The van der Waals surface area contributed by atoms with Gasteiger partial charge in [0.25, 0.3) is 0 Å². The first-order chi connectivity index (χ1) is 19.4. The first-order valence-corrected chi connectivity index (χ1v) is 12.0. The Morgan fingerprint density at radius 2 is 0.522 bits per heavy atom. The summed E-state index contributed by atoms with van der Waals surface area (Å²) in [5, 5.41) is 0. The van der Waals surface area contributed by atoms with Crippen LogP contribution in [0.15, 0.2) is 0 Å². The van der Waals surface area contributed by atoms with Gasteiger partial charge >= 0.3 is 237 Å². The molecule has 0 aromatic carbocycles. The molecule has 4 nitrogen and oxygen atoms in total. The Kier molecular flexibility index (Phi) is 10.9. The molecule has 46 heavy (non-hydrogen) atoms. The van der Waals surface area contributed by atoms with Crippen LogP contribution in [0.5, 0.6) is 0 Å². The van der Waals surface area contributed by atoms with Crippen molar-refractivity contribution in [2.75, 3.05) is 0 Å². The van der Waals surface area contributed by atoms with Gasteiger partial charge in [0, 0.05) is 0 Å². The maximum atomic E-state index is 14.1. The van der Waals surface area contributed by atoms with Gasteiger partial charge in [0.15, 0.2) is 0 Å². The number of halogens is 28. The molecule has 0 rings (SSSR count). The van der Waals surface area contributed by atoms with E-state index in [0.717, 1.165) is 0 Å². The van der Waals surface area contributed by atoms with E-state index in [1.54, 1.807) is 0 Å². The third-order valence-corrected chi connectivity index (χ3v) is 7.79. The van der Waals surface area contributed by atoms with Gasteiger partial charge in [-0.05, 0) is 0 Å². The molecule has 0 saturated heterocycles. The molecule has 0 aliphatic rings. The molecule has 0 atom stereocenters. The van der Waals surface area contributed by atoms with Gasteiger partial charge in [-0.1, -0.05) is 0 Å². The Balaban J connectivity index is 7.43. The summed E-state index contributed by atoms with van der Waals surface area (Å²) in [5.41, 5.74) is 0. The molecule has 0 N–H and O–H groups in total. The summed E-state index contributed by atoms with van der Waals surface area (Å²) in [7, 11) is 0. The molecule has 32 heteroatoms. The molecular formula is C14F27IO4. The second-order valence-corrected chi connectivity index (χ2v) is 11.0. The Morgan fingerprint density at radius 3 is 0.717 bits per heavy atom. The second-order valence-electron chi connectivity index (χ2n) is 7.53. The van der Waals surface area contributed by atoms with Crippen molar-refractivity contribution in [3.05, 3.63) is 0 Å². The van der Waals surface area contributed by atoms with Crippen LogP contribution in [0.2, 0.25) is 0 Å². The van der Waals surface area contributed by atoms with E-state index in [-0.39, 0.29) is 0 Å². The van der Waals surface area contributed by atoms with Crippen LogP contribution in [-0.4, -0.2) is 81.8 Å². The van der Waals surface area contributed by atoms with Crippen molar-refractivity contribution in [3.8, 4) is 0 Å². The van der Waals surface area contributed by atoms with Crippen LogP contribution in [0, 0.1) is 0 Å². The van der Waals surface area contributed by atoms with Crippen LogP contribution >= 0.6 is 20.6 Å². The van der Waals surface area contributed by atoms with Gasteiger partial charge in [-0.2, -0.15) is 0 Å². The summed E-state index contributed by atoms with van der Waals surface area (Å²) >= 11 is -8.46. The van der Waals surface area contributed by atoms with Crippen molar-refractivity contribution >= 4 is 32.6 Å². The van der Waals surface area contributed by atoms with E-state index in [1.807, 2.05) is 0 Å². The fourth-order valence-electron chi connectivity index (χ4n) is 1.96. The monoisotopic (exact) mass is 872 g/mol.